The molecule has 8 nitrogen and oxygen atoms in total. The first-order chi connectivity index (χ1) is 8.35. The van der Waals surface area contributed by atoms with Crippen LogP contribution in [-0.2, 0) is 4.79 Å². The summed E-state index contributed by atoms with van der Waals surface area (Å²) in [6.45, 7) is 0.369. The van der Waals surface area contributed by atoms with Crippen molar-refractivity contribution in [3.05, 3.63) is 24.5 Å². The van der Waals surface area contributed by atoms with Gasteiger partial charge in [-0.25, -0.2) is 0 Å². The van der Waals surface area contributed by atoms with E-state index in [4.69, 9.17) is 9.52 Å². The first kappa shape index (κ1) is 11.1. The molecule has 90 valence electrons. The normalized spacial score (nSPS) is 10.2. The van der Waals surface area contributed by atoms with Gasteiger partial charge in [-0.05, 0) is 5.21 Å². The molecule has 2 rings (SSSR count). The summed E-state index contributed by atoms with van der Waals surface area (Å²) in [6, 6.07) is 3.26. The van der Waals surface area contributed by atoms with Crippen LogP contribution in [0.2, 0.25) is 0 Å². The standard InChI is InChI=1S/C9H11N5O3/c15-6-4-10-8-1-2-9(17-8)13(7-16)14-5-3-11-12-14/h1-3,5,7,10,15H,4,6H2. The Morgan fingerprint density at radius 1 is 1.59 bits per heavy atom. The van der Waals surface area contributed by atoms with E-state index in [-0.39, 0.29) is 6.61 Å². The molecule has 0 fully saturated rings. The first-order valence-electron chi connectivity index (χ1n) is 4.91. The molecule has 2 N–H and O–H groups in total. The van der Waals surface area contributed by atoms with Gasteiger partial charge in [0.2, 0.25) is 12.3 Å². The molecule has 0 aliphatic carbocycles. The summed E-state index contributed by atoms with van der Waals surface area (Å²) in [5, 5.41) is 19.9. The molecule has 2 heterocycles. The van der Waals surface area contributed by atoms with Crippen LogP contribution in [0.4, 0.5) is 11.8 Å². The van der Waals surface area contributed by atoms with Gasteiger partial charge in [-0.15, -0.1) is 9.89 Å². The fraction of sp³-hybridized carbons (Fsp3) is 0.222. The van der Waals surface area contributed by atoms with E-state index in [9.17, 15) is 4.79 Å². The lowest BCUT2D eigenvalue weighted by Crippen LogP contribution is -2.28. The number of carbonyl (C=O) groups is 1. The van der Waals surface area contributed by atoms with Crippen molar-refractivity contribution in [2.45, 2.75) is 0 Å². The third-order valence-corrected chi connectivity index (χ3v) is 1.96. The second-order valence-corrected chi connectivity index (χ2v) is 3.06. The monoisotopic (exact) mass is 237 g/mol. The third kappa shape index (κ3) is 2.42. The van der Waals surface area contributed by atoms with Gasteiger partial charge in [-0.2, -0.15) is 5.01 Å². The number of carbonyl (C=O) groups excluding carboxylic acids is 1. The average Bonchev–Trinajstić information content (AvgIpc) is 2.99. The van der Waals surface area contributed by atoms with Gasteiger partial charge in [-0.1, -0.05) is 0 Å². The van der Waals surface area contributed by atoms with Gasteiger partial charge >= 0.3 is 0 Å². The maximum absolute atomic E-state index is 10.9. The molecule has 0 aliphatic heterocycles. The van der Waals surface area contributed by atoms with Crippen LogP contribution in [0.5, 0.6) is 0 Å². The maximum Gasteiger partial charge on any atom is 0.237 e. The number of hydrogen-bond donors (Lipinski definition) is 2. The zero-order valence-electron chi connectivity index (χ0n) is 8.85. The predicted octanol–water partition coefficient (Wildman–Crippen LogP) is -0.299. The zero-order chi connectivity index (χ0) is 12.1. The van der Waals surface area contributed by atoms with Crippen LogP contribution in [-0.4, -0.2) is 39.8 Å². The quantitative estimate of drug-likeness (QED) is 0.670. The van der Waals surface area contributed by atoms with E-state index in [1.54, 1.807) is 12.1 Å². The van der Waals surface area contributed by atoms with Crippen LogP contribution < -0.4 is 10.3 Å². The van der Waals surface area contributed by atoms with Crippen molar-refractivity contribution in [2.75, 3.05) is 23.5 Å². The third-order valence-electron chi connectivity index (χ3n) is 1.96. The molecule has 0 aliphatic rings. The minimum absolute atomic E-state index is 0.00347. The van der Waals surface area contributed by atoms with Crippen molar-refractivity contribution < 1.29 is 14.3 Å². The number of amides is 1. The highest BCUT2D eigenvalue weighted by molar-refractivity contribution is 5.71. The van der Waals surface area contributed by atoms with Crippen LogP contribution in [0.25, 0.3) is 0 Å². The molecule has 0 bridgehead atoms. The van der Waals surface area contributed by atoms with E-state index in [1.165, 1.54) is 17.2 Å². The number of aliphatic hydroxyl groups is 1. The van der Waals surface area contributed by atoms with Crippen molar-refractivity contribution >= 4 is 18.2 Å². The Labute approximate surface area is 96.4 Å². The number of rotatable bonds is 6. The molecule has 17 heavy (non-hydrogen) atoms. The first-order valence-corrected chi connectivity index (χ1v) is 4.91. The van der Waals surface area contributed by atoms with Gasteiger partial charge in [0.05, 0.1) is 19.0 Å². The predicted molar refractivity (Wildman–Crippen MR) is 58.2 cm³/mol. The fourth-order valence-corrected chi connectivity index (χ4v) is 1.24. The van der Waals surface area contributed by atoms with Crippen molar-refractivity contribution in [1.29, 1.82) is 0 Å². The van der Waals surface area contributed by atoms with Gasteiger partial charge in [-0.3, -0.25) is 4.79 Å². The Kier molecular flexibility index (Phi) is 3.36. The lowest BCUT2D eigenvalue weighted by molar-refractivity contribution is -0.108. The summed E-state index contributed by atoms with van der Waals surface area (Å²) >= 11 is 0. The molecule has 0 radical (unpaired) electrons. The lowest BCUT2D eigenvalue weighted by atomic mass is 10.5. The highest BCUT2D eigenvalue weighted by atomic mass is 16.4. The number of anilines is 2. The molecule has 0 unspecified atom stereocenters. The summed E-state index contributed by atoms with van der Waals surface area (Å²) in [7, 11) is 0. The molecule has 2 aromatic rings. The van der Waals surface area contributed by atoms with Crippen molar-refractivity contribution in [3.8, 4) is 0 Å². The molecular formula is C9H11N5O3. The van der Waals surface area contributed by atoms with Crippen LogP contribution in [0.15, 0.2) is 28.9 Å². The summed E-state index contributed by atoms with van der Waals surface area (Å²) in [5.74, 6) is 0.756. The summed E-state index contributed by atoms with van der Waals surface area (Å²) in [5.41, 5.74) is 0. The molecule has 0 saturated carbocycles. The number of hydrogen-bond acceptors (Lipinski definition) is 6. The van der Waals surface area contributed by atoms with Crippen LogP contribution in [0, 0.1) is 0 Å². The Morgan fingerprint density at radius 3 is 3.12 bits per heavy atom. The van der Waals surface area contributed by atoms with Gasteiger partial charge in [0, 0.05) is 18.7 Å². The number of aromatic nitrogens is 3. The Hall–Kier alpha value is -2.35. The van der Waals surface area contributed by atoms with Crippen molar-refractivity contribution in [3.63, 3.8) is 0 Å². The molecule has 0 aromatic carbocycles. The highest BCUT2D eigenvalue weighted by Crippen LogP contribution is 2.21. The van der Waals surface area contributed by atoms with Gasteiger partial charge in [0.1, 0.15) is 0 Å². The van der Waals surface area contributed by atoms with E-state index < -0.39 is 0 Å². The van der Waals surface area contributed by atoms with E-state index in [1.807, 2.05) is 0 Å². The smallest absolute Gasteiger partial charge is 0.237 e. The minimum atomic E-state index is -0.00347. The van der Waals surface area contributed by atoms with Crippen LogP contribution >= 0.6 is 0 Å². The lowest BCUT2D eigenvalue weighted by Gasteiger charge is -2.11. The number of nitrogens with zero attached hydrogens (tertiary/aromatic N) is 4. The number of furan rings is 1. The van der Waals surface area contributed by atoms with Gasteiger partial charge in [0.25, 0.3) is 0 Å². The average molecular weight is 237 g/mol. The van der Waals surface area contributed by atoms with Crippen LogP contribution in [0.3, 0.4) is 0 Å². The summed E-state index contributed by atoms with van der Waals surface area (Å²) in [6.07, 6.45) is 3.52. The van der Waals surface area contributed by atoms with E-state index in [2.05, 4.69) is 15.6 Å². The molecular weight excluding hydrogens is 226 g/mol. The summed E-state index contributed by atoms with van der Waals surface area (Å²) in [4.78, 5) is 12.2. The fourth-order valence-electron chi connectivity index (χ4n) is 1.24. The van der Waals surface area contributed by atoms with E-state index in [0.717, 1.165) is 5.01 Å². The number of nitrogens with one attached hydrogen (secondary N) is 1. The Balaban J connectivity index is 2.15. The molecule has 0 spiro atoms. The van der Waals surface area contributed by atoms with Crippen LogP contribution in [0.1, 0.15) is 0 Å². The molecule has 8 heteroatoms. The molecule has 1 amide bonds. The van der Waals surface area contributed by atoms with Gasteiger partial charge < -0.3 is 14.8 Å². The van der Waals surface area contributed by atoms with Crippen molar-refractivity contribution in [1.82, 2.24) is 15.1 Å². The van der Waals surface area contributed by atoms with Crippen molar-refractivity contribution in [2.24, 2.45) is 0 Å². The van der Waals surface area contributed by atoms with Gasteiger partial charge in [0.15, 0.2) is 5.88 Å². The highest BCUT2D eigenvalue weighted by Gasteiger charge is 2.12. The Morgan fingerprint density at radius 2 is 2.47 bits per heavy atom. The second kappa shape index (κ2) is 5.12. The molecule has 0 saturated heterocycles. The van der Waals surface area contributed by atoms with E-state index in [0.29, 0.717) is 24.7 Å². The minimum Gasteiger partial charge on any atom is -0.423 e. The van der Waals surface area contributed by atoms with E-state index >= 15 is 0 Å². The largest absolute Gasteiger partial charge is 0.423 e. The molecule has 2 aromatic heterocycles. The Bertz CT molecular complexity index is 467. The topological polar surface area (TPSA) is 96.4 Å². The summed E-state index contributed by atoms with van der Waals surface area (Å²) < 4.78 is 5.35. The molecule has 0 atom stereocenters. The number of aliphatic hydroxyl groups excluding tert-OH is 1. The SMILES string of the molecule is O=CN(c1ccc(NCCO)o1)n1ccnn1. The second-order valence-electron chi connectivity index (χ2n) is 3.06. The maximum atomic E-state index is 10.9. The zero-order valence-corrected chi connectivity index (χ0v) is 8.85.